The normalized spacial score (nSPS) is 28.0. The highest BCUT2D eigenvalue weighted by molar-refractivity contribution is 5.96. The molecule has 2 saturated heterocycles. The number of halogens is 1. The summed E-state index contributed by atoms with van der Waals surface area (Å²) in [5.74, 6) is 0.701. The van der Waals surface area contributed by atoms with Crippen LogP contribution in [0.1, 0.15) is 51.3 Å². The number of nitrogens with one attached hydrogen (secondary N) is 1. The van der Waals surface area contributed by atoms with Gasteiger partial charge in [0, 0.05) is 19.1 Å². The molecule has 8 nitrogen and oxygen atoms in total. The predicted molar refractivity (Wildman–Crippen MR) is 120 cm³/mol. The van der Waals surface area contributed by atoms with Gasteiger partial charge in [-0.1, -0.05) is 19.9 Å². The third-order valence-electron chi connectivity index (χ3n) is 7.25. The van der Waals surface area contributed by atoms with Crippen LogP contribution in [-0.4, -0.2) is 66.2 Å². The Morgan fingerprint density at radius 2 is 1.94 bits per heavy atom. The van der Waals surface area contributed by atoms with Gasteiger partial charge in [0.2, 0.25) is 5.89 Å². The van der Waals surface area contributed by atoms with Gasteiger partial charge in [0.1, 0.15) is 5.83 Å². The van der Waals surface area contributed by atoms with Crippen molar-refractivity contribution < 1.29 is 13.7 Å². The second-order valence-corrected chi connectivity index (χ2v) is 9.49. The van der Waals surface area contributed by atoms with E-state index in [2.05, 4.69) is 34.2 Å². The number of piperidine rings is 2. The zero-order valence-corrected chi connectivity index (χ0v) is 19.1. The summed E-state index contributed by atoms with van der Waals surface area (Å²) in [5.41, 5.74) is 1.31. The molecule has 1 aromatic heterocycles. The second kappa shape index (κ2) is 9.03. The first kappa shape index (κ1) is 21.7. The van der Waals surface area contributed by atoms with Gasteiger partial charge in [-0.15, -0.1) is 0 Å². The lowest BCUT2D eigenvalue weighted by Gasteiger charge is -2.38. The van der Waals surface area contributed by atoms with Gasteiger partial charge in [0.15, 0.2) is 0 Å². The van der Waals surface area contributed by atoms with Crippen molar-refractivity contribution in [3.8, 4) is 0 Å². The Labute approximate surface area is 188 Å². The number of fused-ring (bicyclic) bond motifs is 1. The molecule has 32 heavy (non-hydrogen) atoms. The molecule has 9 heteroatoms. The minimum absolute atomic E-state index is 0.141. The lowest BCUT2D eigenvalue weighted by Crippen LogP contribution is -2.46. The maximum Gasteiger partial charge on any atom is 0.291 e. The van der Waals surface area contributed by atoms with Crippen LogP contribution in [0.15, 0.2) is 33.3 Å². The van der Waals surface area contributed by atoms with Gasteiger partial charge in [-0.25, -0.2) is 4.39 Å². The number of nitrogens with zero attached hydrogens (tertiary/aromatic N) is 5. The molecule has 0 amide bonds. The topological polar surface area (TPSA) is 79.0 Å². The van der Waals surface area contributed by atoms with E-state index in [1.165, 1.54) is 23.9 Å². The Morgan fingerprint density at radius 3 is 2.62 bits per heavy atom. The zero-order chi connectivity index (χ0) is 22.2. The van der Waals surface area contributed by atoms with Gasteiger partial charge in [0.25, 0.3) is 5.95 Å². The van der Waals surface area contributed by atoms with E-state index in [9.17, 15) is 4.39 Å². The van der Waals surface area contributed by atoms with Crippen LogP contribution >= 0.6 is 0 Å². The fraction of sp³-hybridized carbons (Fsp3) is 0.696. The Hall–Kier alpha value is -2.10. The Bertz CT molecular complexity index is 911. The summed E-state index contributed by atoms with van der Waals surface area (Å²) in [6.45, 7) is 8.43. The molecule has 4 aliphatic rings. The molecule has 2 atom stereocenters. The molecule has 3 aliphatic heterocycles. The van der Waals surface area contributed by atoms with Crippen molar-refractivity contribution in [1.82, 2.24) is 20.4 Å². The fourth-order valence-electron chi connectivity index (χ4n) is 5.46. The quantitative estimate of drug-likeness (QED) is 0.747. The maximum absolute atomic E-state index is 14.9. The molecule has 1 aliphatic carbocycles. The third-order valence-corrected chi connectivity index (χ3v) is 7.25. The van der Waals surface area contributed by atoms with E-state index < -0.39 is 0 Å². The largest absolute Gasteiger partial charge is 0.376 e. The van der Waals surface area contributed by atoms with E-state index in [1.54, 1.807) is 13.2 Å². The number of aromatic nitrogens is 2. The molecule has 0 aromatic carbocycles. The molecule has 0 bridgehead atoms. The SMILES string of the molecule is COC1C=CC(F)=C2C1C(C(C)C)=NN2c1noc(C2CCN(C3CCNCC3)CC2)n1. The average molecular weight is 445 g/mol. The third kappa shape index (κ3) is 3.91. The van der Waals surface area contributed by atoms with Crippen molar-refractivity contribution in [2.24, 2.45) is 16.9 Å². The molecule has 0 radical (unpaired) electrons. The van der Waals surface area contributed by atoms with Crippen LogP contribution in [0.3, 0.4) is 0 Å². The van der Waals surface area contributed by atoms with E-state index >= 15 is 0 Å². The molecule has 4 heterocycles. The van der Waals surface area contributed by atoms with Crippen LogP contribution in [0, 0.1) is 11.8 Å². The molecular formula is C23H33FN6O2. The fourth-order valence-corrected chi connectivity index (χ4v) is 5.46. The molecule has 2 unspecified atom stereocenters. The van der Waals surface area contributed by atoms with Crippen molar-refractivity contribution in [2.45, 2.75) is 57.6 Å². The first-order chi connectivity index (χ1) is 15.6. The smallest absolute Gasteiger partial charge is 0.291 e. The van der Waals surface area contributed by atoms with Crippen molar-refractivity contribution in [3.63, 3.8) is 0 Å². The van der Waals surface area contributed by atoms with E-state index in [0.29, 0.717) is 23.6 Å². The predicted octanol–water partition coefficient (Wildman–Crippen LogP) is 3.22. The van der Waals surface area contributed by atoms with E-state index in [-0.39, 0.29) is 29.7 Å². The van der Waals surface area contributed by atoms with E-state index in [0.717, 1.165) is 44.7 Å². The highest BCUT2D eigenvalue weighted by atomic mass is 19.1. The summed E-state index contributed by atoms with van der Waals surface area (Å²) in [6, 6.07) is 0.684. The second-order valence-electron chi connectivity index (χ2n) is 9.49. The number of hydrogen-bond donors (Lipinski definition) is 1. The first-order valence-electron chi connectivity index (χ1n) is 11.8. The highest BCUT2D eigenvalue weighted by Gasteiger charge is 2.44. The molecule has 0 spiro atoms. The summed E-state index contributed by atoms with van der Waals surface area (Å²) in [5, 5.41) is 13.9. The van der Waals surface area contributed by atoms with Gasteiger partial charge in [0.05, 0.1) is 23.4 Å². The van der Waals surface area contributed by atoms with E-state index in [4.69, 9.17) is 14.4 Å². The van der Waals surface area contributed by atoms with Crippen LogP contribution in [-0.2, 0) is 4.74 Å². The zero-order valence-electron chi connectivity index (χ0n) is 19.1. The molecular weight excluding hydrogens is 411 g/mol. The molecule has 174 valence electrons. The number of allylic oxidation sites excluding steroid dienone is 2. The molecule has 1 aromatic rings. The minimum atomic E-state index is -0.329. The first-order valence-corrected chi connectivity index (χ1v) is 11.8. The number of likely N-dealkylation sites (tertiary alicyclic amines) is 1. The number of anilines is 1. The summed E-state index contributed by atoms with van der Waals surface area (Å²) in [6.07, 6.45) is 7.38. The summed E-state index contributed by atoms with van der Waals surface area (Å²) < 4.78 is 26.2. The lowest BCUT2D eigenvalue weighted by molar-refractivity contribution is 0.120. The van der Waals surface area contributed by atoms with Crippen LogP contribution < -0.4 is 10.3 Å². The summed E-state index contributed by atoms with van der Waals surface area (Å²) >= 11 is 0. The van der Waals surface area contributed by atoms with E-state index in [1.807, 2.05) is 0 Å². The van der Waals surface area contributed by atoms with Crippen molar-refractivity contribution in [3.05, 3.63) is 29.6 Å². The van der Waals surface area contributed by atoms with Gasteiger partial charge in [-0.3, -0.25) is 0 Å². The number of hydrogen-bond acceptors (Lipinski definition) is 8. The van der Waals surface area contributed by atoms with Crippen molar-refractivity contribution >= 4 is 11.7 Å². The van der Waals surface area contributed by atoms with Gasteiger partial charge < -0.3 is 19.5 Å². The maximum atomic E-state index is 14.9. The number of ether oxygens (including phenoxy) is 1. The van der Waals surface area contributed by atoms with Crippen LogP contribution in [0.25, 0.3) is 0 Å². The van der Waals surface area contributed by atoms with Gasteiger partial charge >= 0.3 is 0 Å². The van der Waals surface area contributed by atoms with Gasteiger partial charge in [-0.2, -0.15) is 15.1 Å². The lowest BCUT2D eigenvalue weighted by atomic mass is 9.85. The number of methoxy groups -OCH3 is 1. The number of hydrazone groups is 1. The molecule has 2 fully saturated rings. The number of rotatable bonds is 5. The Balaban J connectivity index is 1.33. The summed E-state index contributed by atoms with van der Waals surface area (Å²) in [4.78, 5) is 7.28. The molecule has 0 saturated carbocycles. The minimum Gasteiger partial charge on any atom is -0.376 e. The van der Waals surface area contributed by atoms with Crippen LogP contribution in [0.2, 0.25) is 0 Å². The Morgan fingerprint density at radius 1 is 1.19 bits per heavy atom. The standard InChI is InChI=1S/C23H33FN6O2/c1-14(2)20-19-18(31-3)5-4-17(24)21(19)30(27-20)23-26-22(32-28-23)15-8-12-29(13-9-15)16-6-10-25-11-7-16/h4-5,14-16,18-19,25H,6-13H2,1-3H3. The average Bonchev–Trinajstić information content (AvgIpc) is 3.46. The van der Waals surface area contributed by atoms with Gasteiger partial charge in [-0.05, 0) is 69.0 Å². The highest BCUT2D eigenvalue weighted by Crippen LogP contribution is 2.41. The Kier molecular flexibility index (Phi) is 6.14. The van der Waals surface area contributed by atoms with Crippen molar-refractivity contribution in [1.29, 1.82) is 0 Å². The molecule has 5 rings (SSSR count). The monoisotopic (exact) mass is 444 g/mol. The van der Waals surface area contributed by atoms with Crippen LogP contribution in [0.5, 0.6) is 0 Å². The van der Waals surface area contributed by atoms with Crippen LogP contribution in [0.4, 0.5) is 10.3 Å². The summed E-state index contributed by atoms with van der Waals surface area (Å²) in [7, 11) is 1.64. The molecule has 1 N–H and O–H groups in total. The van der Waals surface area contributed by atoms with Crippen molar-refractivity contribution in [2.75, 3.05) is 38.3 Å².